The fourth-order valence-corrected chi connectivity index (χ4v) is 3.71. The van der Waals surface area contributed by atoms with E-state index in [0.29, 0.717) is 12.6 Å². The molecule has 0 amide bonds. The lowest BCUT2D eigenvalue weighted by molar-refractivity contribution is -0.140. The molecule has 4 rings (SSSR count). The van der Waals surface area contributed by atoms with Crippen LogP contribution in [0.25, 0.3) is 10.9 Å². The van der Waals surface area contributed by atoms with Crippen molar-refractivity contribution < 1.29 is 9.53 Å². The lowest BCUT2D eigenvalue weighted by atomic mass is 9.94. The van der Waals surface area contributed by atoms with Crippen molar-refractivity contribution in [2.45, 2.75) is 39.7 Å². The lowest BCUT2D eigenvalue weighted by Gasteiger charge is -2.28. The van der Waals surface area contributed by atoms with Crippen molar-refractivity contribution in [3.8, 4) is 0 Å². The monoisotopic (exact) mass is 335 g/mol. The molecule has 0 radical (unpaired) electrons. The third-order valence-corrected chi connectivity index (χ3v) is 4.67. The first kappa shape index (κ1) is 17.3. The molecule has 0 spiro atoms. The van der Waals surface area contributed by atoms with Gasteiger partial charge < -0.3 is 9.30 Å². The van der Waals surface area contributed by atoms with Gasteiger partial charge in [0.05, 0.1) is 18.2 Å². The van der Waals surface area contributed by atoms with Crippen LogP contribution in [0.5, 0.6) is 0 Å². The van der Waals surface area contributed by atoms with Gasteiger partial charge in [-0.05, 0) is 43.9 Å². The van der Waals surface area contributed by atoms with Gasteiger partial charge in [0.15, 0.2) is 0 Å². The molecule has 1 atom stereocenters. The number of nitrogens with zero attached hydrogens (tertiary/aromatic N) is 1. The van der Waals surface area contributed by atoms with Gasteiger partial charge in [-0.25, -0.2) is 0 Å². The molecule has 0 saturated carbocycles. The molecule has 0 fully saturated rings. The Morgan fingerprint density at radius 2 is 1.92 bits per heavy atom. The van der Waals surface area contributed by atoms with E-state index in [4.69, 9.17) is 0 Å². The van der Waals surface area contributed by atoms with E-state index in [2.05, 4.69) is 70.8 Å². The fraction of sp³-hybridized carbons (Fsp3) is 0.318. The van der Waals surface area contributed by atoms with Crippen LogP contribution in [0.2, 0.25) is 0 Å². The molecule has 2 aromatic carbocycles. The topological polar surface area (TPSA) is 31.2 Å². The van der Waals surface area contributed by atoms with Crippen molar-refractivity contribution in [3.63, 3.8) is 0 Å². The molecule has 0 saturated heterocycles. The van der Waals surface area contributed by atoms with Crippen LogP contribution in [0, 0.1) is 6.92 Å². The number of esters is 1. The first-order chi connectivity index (χ1) is 12.1. The number of benzene rings is 2. The van der Waals surface area contributed by atoms with Gasteiger partial charge in [0.1, 0.15) is 0 Å². The lowest BCUT2D eigenvalue weighted by Crippen LogP contribution is -2.17. The van der Waals surface area contributed by atoms with Crippen molar-refractivity contribution in [1.82, 2.24) is 4.57 Å². The summed E-state index contributed by atoms with van der Waals surface area (Å²) in [4.78, 5) is 9.82. The summed E-state index contributed by atoms with van der Waals surface area (Å²) in [7, 11) is 0. The third-order valence-electron chi connectivity index (χ3n) is 4.67. The summed E-state index contributed by atoms with van der Waals surface area (Å²) in [5.41, 5.74) is 5.74. The summed E-state index contributed by atoms with van der Waals surface area (Å²) in [6.45, 7) is 5.88. The Labute approximate surface area is 149 Å². The summed E-state index contributed by atoms with van der Waals surface area (Å²) >= 11 is 0. The summed E-state index contributed by atoms with van der Waals surface area (Å²) in [5.74, 6) is -0.211. The molecule has 0 aliphatic carbocycles. The van der Waals surface area contributed by atoms with E-state index in [1.165, 1.54) is 47.5 Å². The minimum absolute atomic E-state index is 0.211. The zero-order chi connectivity index (χ0) is 17.8. The van der Waals surface area contributed by atoms with E-state index in [-0.39, 0.29) is 5.97 Å². The van der Waals surface area contributed by atoms with Gasteiger partial charge in [-0.1, -0.05) is 48.5 Å². The van der Waals surface area contributed by atoms with Crippen LogP contribution in [0.15, 0.2) is 54.6 Å². The van der Waals surface area contributed by atoms with Crippen molar-refractivity contribution in [2.75, 3.05) is 6.61 Å². The molecule has 1 unspecified atom stereocenters. The average Bonchev–Trinajstić information content (AvgIpc) is 2.95. The number of rotatable bonds is 2. The van der Waals surface area contributed by atoms with E-state index in [1.54, 1.807) is 6.92 Å². The Kier molecular flexibility index (Phi) is 5.22. The Balaban J connectivity index is 0.000000265. The number of aryl methyl sites for hydroxylation is 2. The number of carbonyl (C=O) groups excluding carboxylic acids is 1. The number of hydrogen-bond donors (Lipinski definition) is 0. The highest BCUT2D eigenvalue weighted by Crippen LogP contribution is 2.37. The highest BCUT2D eigenvalue weighted by atomic mass is 16.5. The van der Waals surface area contributed by atoms with Gasteiger partial charge in [-0.2, -0.15) is 0 Å². The molecule has 3 heteroatoms. The second-order valence-corrected chi connectivity index (χ2v) is 6.40. The standard InChI is InChI=1S/C18H17N.C4H8O2/c1-13-12-16-9-5-8-15-10-11-17(19(13)18(15)16)14-6-3-2-4-7-14;1-3-6-4(2)5/h2-9,12,17H,10-11H2,1H3;3H2,1-2H3. The molecule has 3 nitrogen and oxygen atoms in total. The number of hydrogen-bond acceptors (Lipinski definition) is 2. The van der Waals surface area contributed by atoms with Crippen LogP contribution in [0.3, 0.4) is 0 Å². The first-order valence-electron chi connectivity index (χ1n) is 8.89. The smallest absolute Gasteiger partial charge is 0.302 e. The zero-order valence-corrected chi connectivity index (χ0v) is 15.2. The van der Waals surface area contributed by atoms with E-state index in [1.807, 2.05) is 0 Å². The molecular weight excluding hydrogens is 310 g/mol. The van der Waals surface area contributed by atoms with Crippen LogP contribution in [0.1, 0.15) is 43.1 Å². The summed E-state index contributed by atoms with van der Waals surface area (Å²) in [6, 6.07) is 20.4. The quantitative estimate of drug-likeness (QED) is 0.613. The van der Waals surface area contributed by atoms with Gasteiger partial charge in [0, 0.05) is 18.0 Å². The molecule has 130 valence electrons. The van der Waals surface area contributed by atoms with E-state index < -0.39 is 0 Å². The van der Waals surface area contributed by atoms with Gasteiger partial charge in [-0.3, -0.25) is 4.79 Å². The molecule has 1 aliphatic heterocycles. The Morgan fingerprint density at radius 1 is 1.16 bits per heavy atom. The van der Waals surface area contributed by atoms with Crippen LogP contribution < -0.4 is 0 Å². The predicted octanol–water partition coefficient (Wildman–Crippen LogP) is 5.05. The molecule has 3 aromatic rings. The van der Waals surface area contributed by atoms with E-state index in [0.717, 1.165) is 0 Å². The number of aromatic nitrogens is 1. The van der Waals surface area contributed by atoms with Crippen molar-refractivity contribution in [2.24, 2.45) is 0 Å². The van der Waals surface area contributed by atoms with Crippen LogP contribution in [0.4, 0.5) is 0 Å². The third kappa shape index (κ3) is 3.60. The summed E-state index contributed by atoms with van der Waals surface area (Å²) < 4.78 is 6.93. The maximum Gasteiger partial charge on any atom is 0.302 e. The number of carbonyl (C=O) groups is 1. The molecular formula is C22H25NO2. The number of ether oxygens (including phenoxy) is 1. The summed E-state index contributed by atoms with van der Waals surface area (Å²) in [6.07, 6.45) is 2.38. The SMILES string of the molecule is CCOC(C)=O.Cc1cc2cccc3c2n1C(c1ccccc1)CC3. The zero-order valence-electron chi connectivity index (χ0n) is 15.2. The van der Waals surface area contributed by atoms with Gasteiger partial charge in [0.25, 0.3) is 0 Å². The van der Waals surface area contributed by atoms with Gasteiger partial charge in [0.2, 0.25) is 0 Å². The summed E-state index contributed by atoms with van der Waals surface area (Å²) in [5, 5.41) is 1.38. The second kappa shape index (κ2) is 7.56. The second-order valence-electron chi connectivity index (χ2n) is 6.40. The van der Waals surface area contributed by atoms with Crippen LogP contribution >= 0.6 is 0 Å². The molecule has 1 aliphatic rings. The van der Waals surface area contributed by atoms with Crippen LogP contribution in [-0.2, 0) is 16.0 Å². The van der Waals surface area contributed by atoms with Crippen molar-refractivity contribution in [1.29, 1.82) is 0 Å². The van der Waals surface area contributed by atoms with Crippen molar-refractivity contribution in [3.05, 3.63) is 71.4 Å². The fourth-order valence-electron chi connectivity index (χ4n) is 3.71. The van der Waals surface area contributed by atoms with E-state index in [9.17, 15) is 4.79 Å². The maximum absolute atomic E-state index is 9.82. The minimum Gasteiger partial charge on any atom is -0.466 e. The van der Waals surface area contributed by atoms with Crippen molar-refractivity contribution >= 4 is 16.9 Å². The maximum atomic E-state index is 9.82. The van der Waals surface area contributed by atoms with E-state index >= 15 is 0 Å². The van der Waals surface area contributed by atoms with Gasteiger partial charge >= 0.3 is 5.97 Å². The molecule has 25 heavy (non-hydrogen) atoms. The first-order valence-corrected chi connectivity index (χ1v) is 8.89. The highest BCUT2D eigenvalue weighted by Gasteiger charge is 2.23. The molecule has 2 heterocycles. The minimum atomic E-state index is -0.211. The number of para-hydroxylation sites is 1. The Hall–Kier alpha value is -2.55. The highest BCUT2D eigenvalue weighted by molar-refractivity contribution is 5.85. The Bertz CT molecular complexity index is 864. The molecule has 0 bridgehead atoms. The largest absolute Gasteiger partial charge is 0.466 e. The Morgan fingerprint density at radius 3 is 2.56 bits per heavy atom. The molecule has 0 N–H and O–H groups in total. The normalized spacial score (nSPS) is 15.4. The van der Waals surface area contributed by atoms with Crippen LogP contribution in [-0.4, -0.2) is 17.1 Å². The predicted molar refractivity (Wildman–Crippen MR) is 102 cm³/mol. The average molecular weight is 335 g/mol. The van der Waals surface area contributed by atoms with Gasteiger partial charge in [-0.15, -0.1) is 0 Å². The molecule has 1 aromatic heterocycles.